The van der Waals surface area contributed by atoms with Gasteiger partial charge in [0.05, 0.1) is 12.1 Å². The Morgan fingerprint density at radius 2 is 2.29 bits per heavy atom. The van der Waals surface area contributed by atoms with Crippen LogP contribution in [0.3, 0.4) is 0 Å². The number of rotatable bonds is 5. The molecule has 0 aromatic heterocycles. The second-order valence-corrected chi connectivity index (χ2v) is 5.16. The average molecular weight is 236 g/mol. The van der Waals surface area contributed by atoms with Crippen molar-refractivity contribution in [1.82, 2.24) is 15.1 Å². The van der Waals surface area contributed by atoms with Gasteiger partial charge >= 0.3 is 0 Å². The van der Waals surface area contributed by atoms with Gasteiger partial charge in [-0.3, -0.25) is 4.90 Å². The molecule has 0 aromatic rings. The summed E-state index contributed by atoms with van der Waals surface area (Å²) in [5.41, 5.74) is 0. The summed E-state index contributed by atoms with van der Waals surface area (Å²) in [4.78, 5) is 5.16. The lowest BCUT2D eigenvalue weighted by Gasteiger charge is -2.37. The Hall–Kier alpha value is -0.630. The molecule has 1 N–H and O–H groups in total. The minimum absolute atomic E-state index is 0.0293. The predicted octanol–water partition coefficient (Wildman–Crippen LogP) is 0.658. The molecule has 96 valence electrons. The maximum absolute atomic E-state index is 9.00. The van der Waals surface area contributed by atoms with Crippen molar-refractivity contribution in [3.63, 3.8) is 0 Å². The van der Waals surface area contributed by atoms with Crippen molar-refractivity contribution >= 4 is 0 Å². The maximum Gasteiger partial charge on any atom is 0.0965 e. The van der Waals surface area contributed by atoms with Crippen LogP contribution < -0.4 is 5.32 Å². The minimum atomic E-state index is 0.0293. The van der Waals surface area contributed by atoms with E-state index in [2.05, 4.69) is 28.1 Å². The number of nitrogens with zero attached hydrogens (tertiary/aromatic N) is 3. The largest absolute Gasteiger partial charge is 0.302 e. The van der Waals surface area contributed by atoms with E-state index in [1.165, 1.54) is 39.0 Å². The molecule has 4 nitrogen and oxygen atoms in total. The highest BCUT2D eigenvalue weighted by molar-refractivity contribution is 4.91. The van der Waals surface area contributed by atoms with Gasteiger partial charge in [-0.25, -0.2) is 0 Å². The molecular formula is C13H24N4. The monoisotopic (exact) mass is 236 g/mol. The smallest absolute Gasteiger partial charge is 0.0965 e. The van der Waals surface area contributed by atoms with Gasteiger partial charge in [0.1, 0.15) is 0 Å². The van der Waals surface area contributed by atoms with Gasteiger partial charge in [-0.2, -0.15) is 5.26 Å². The van der Waals surface area contributed by atoms with E-state index in [1.807, 2.05) is 0 Å². The summed E-state index contributed by atoms with van der Waals surface area (Å²) in [5, 5.41) is 12.2. The number of piperazine rings is 1. The van der Waals surface area contributed by atoms with E-state index >= 15 is 0 Å². The molecule has 0 bridgehead atoms. The summed E-state index contributed by atoms with van der Waals surface area (Å²) in [7, 11) is 0. The van der Waals surface area contributed by atoms with Crippen LogP contribution in [0, 0.1) is 11.3 Å². The van der Waals surface area contributed by atoms with Gasteiger partial charge < -0.3 is 10.2 Å². The first-order valence-electron chi connectivity index (χ1n) is 6.93. The van der Waals surface area contributed by atoms with Crippen LogP contribution in [-0.2, 0) is 0 Å². The SMILES string of the molecule is CCNC(C#N)CCN1CCN2CCCC2C1. The Bertz CT molecular complexity index is 273. The molecule has 2 rings (SSSR count). The van der Waals surface area contributed by atoms with Gasteiger partial charge in [0, 0.05) is 32.2 Å². The lowest BCUT2D eigenvalue weighted by atomic mass is 10.1. The molecular weight excluding hydrogens is 212 g/mol. The topological polar surface area (TPSA) is 42.3 Å². The van der Waals surface area contributed by atoms with Crippen LogP contribution in [0.4, 0.5) is 0 Å². The van der Waals surface area contributed by atoms with E-state index in [9.17, 15) is 0 Å². The number of hydrogen-bond donors (Lipinski definition) is 1. The Balaban J connectivity index is 1.71. The fourth-order valence-electron chi connectivity index (χ4n) is 3.03. The Labute approximate surface area is 105 Å². The Morgan fingerprint density at radius 3 is 3.06 bits per heavy atom. The zero-order valence-electron chi connectivity index (χ0n) is 10.9. The summed E-state index contributed by atoms with van der Waals surface area (Å²) in [6, 6.07) is 3.16. The molecule has 4 heteroatoms. The first-order valence-corrected chi connectivity index (χ1v) is 6.93. The first kappa shape index (κ1) is 12.8. The molecule has 2 aliphatic rings. The Kier molecular flexibility index (Phi) is 4.78. The third-order valence-corrected chi connectivity index (χ3v) is 4.01. The van der Waals surface area contributed by atoms with Gasteiger partial charge in [0.2, 0.25) is 0 Å². The van der Waals surface area contributed by atoms with Crippen molar-refractivity contribution < 1.29 is 0 Å². The second-order valence-electron chi connectivity index (χ2n) is 5.16. The number of nitrogens with one attached hydrogen (secondary N) is 1. The fourth-order valence-corrected chi connectivity index (χ4v) is 3.03. The first-order chi connectivity index (χ1) is 8.33. The van der Waals surface area contributed by atoms with E-state index in [4.69, 9.17) is 5.26 Å². The summed E-state index contributed by atoms with van der Waals surface area (Å²) in [6.45, 7) is 8.93. The van der Waals surface area contributed by atoms with Gasteiger partial charge in [-0.1, -0.05) is 6.92 Å². The highest BCUT2D eigenvalue weighted by Crippen LogP contribution is 2.21. The molecule has 0 aliphatic carbocycles. The van der Waals surface area contributed by atoms with Gasteiger partial charge in [0.25, 0.3) is 0 Å². The quantitative estimate of drug-likeness (QED) is 0.761. The number of nitriles is 1. The predicted molar refractivity (Wildman–Crippen MR) is 68.7 cm³/mol. The highest BCUT2D eigenvalue weighted by atomic mass is 15.3. The molecule has 2 heterocycles. The van der Waals surface area contributed by atoms with E-state index in [0.29, 0.717) is 0 Å². The van der Waals surface area contributed by atoms with Crippen molar-refractivity contribution in [2.24, 2.45) is 0 Å². The molecule has 2 unspecified atom stereocenters. The molecule has 2 atom stereocenters. The van der Waals surface area contributed by atoms with Crippen molar-refractivity contribution in [3.05, 3.63) is 0 Å². The molecule has 0 radical (unpaired) electrons. The summed E-state index contributed by atoms with van der Waals surface area (Å²) < 4.78 is 0. The summed E-state index contributed by atoms with van der Waals surface area (Å²) in [5.74, 6) is 0. The average Bonchev–Trinajstić information content (AvgIpc) is 2.81. The van der Waals surface area contributed by atoms with Crippen LogP contribution in [-0.4, -0.2) is 61.2 Å². The van der Waals surface area contributed by atoms with Gasteiger partial charge in [-0.05, 0) is 32.4 Å². The molecule has 17 heavy (non-hydrogen) atoms. The van der Waals surface area contributed by atoms with E-state index in [1.54, 1.807) is 0 Å². The van der Waals surface area contributed by atoms with E-state index < -0.39 is 0 Å². The van der Waals surface area contributed by atoms with E-state index in [0.717, 1.165) is 25.6 Å². The van der Waals surface area contributed by atoms with Crippen LogP contribution >= 0.6 is 0 Å². The second kappa shape index (κ2) is 6.34. The van der Waals surface area contributed by atoms with Crippen molar-refractivity contribution in [2.75, 3.05) is 39.3 Å². The number of fused-ring (bicyclic) bond motifs is 1. The molecule has 0 aromatic carbocycles. The fraction of sp³-hybridized carbons (Fsp3) is 0.923. The third kappa shape index (κ3) is 3.41. The maximum atomic E-state index is 9.00. The zero-order valence-corrected chi connectivity index (χ0v) is 10.9. The summed E-state index contributed by atoms with van der Waals surface area (Å²) >= 11 is 0. The standard InChI is InChI=1S/C13H24N4/c1-2-15-12(10-14)5-7-16-8-9-17-6-3-4-13(17)11-16/h12-13,15H,2-9,11H2,1H3. The third-order valence-electron chi connectivity index (χ3n) is 4.01. The van der Waals surface area contributed by atoms with Crippen LogP contribution in [0.25, 0.3) is 0 Å². The molecule has 2 saturated heterocycles. The molecule has 2 aliphatic heterocycles. The zero-order chi connectivity index (χ0) is 12.1. The lowest BCUT2D eigenvalue weighted by molar-refractivity contribution is 0.102. The molecule has 0 saturated carbocycles. The van der Waals surface area contributed by atoms with Crippen LogP contribution in [0.5, 0.6) is 0 Å². The highest BCUT2D eigenvalue weighted by Gasteiger charge is 2.30. The summed E-state index contributed by atoms with van der Waals surface area (Å²) in [6.07, 6.45) is 3.69. The van der Waals surface area contributed by atoms with Crippen LogP contribution in [0.1, 0.15) is 26.2 Å². The van der Waals surface area contributed by atoms with Crippen LogP contribution in [0.2, 0.25) is 0 Å². The Morgan fingerprint density at radius 1 is 1.41 bits per heavy atom. The lowest BCUT2D eigenvalue weighted by Crippen LogP contribution is -2.50. The van der Waals surface area contributed by atoms with Crippen molar-refractivity contribution in [1.29, 1.82) is 5.26 Å². The molecule has 2 fully saturated rings. The van der Waals surface area contributed by atoms with Gasteiger partial charge in [0.15, 0.2) is 0 Å². The van der Waals surface area contributed by atoms with Gasteiger partial charge in [-0.15, -0.1) is 0 Å². The molecule has 0 spiro atoms. The van der Waals surface area contributed by atoms with Crippen molar-refractivity contribution in [3.8, 4) is 6.07 Å². The van der Waals surface area contributed by atoms with Crippen molar-refractivity contribution in [2.45, 2.75) is 38.3 Å². The number of hydrogen-bond acceptors (Lipinski definition) is 4. The molecule has 0 amide bonds. The van der Waals surface area contributed by atoms with E-state index in [-0.39, 0.29) is 6.04 Å². The minimum Gasteiger partial charge on any atom is -0.302 e. The van der Waals surface area contributed by atoms with Crippen LogP contribution in [0.15, 0.2) is 0 Å². The normalized spacial score (nSPS) is 27.6.